The van der Waals surface area contributed by atoms with Crippen LogP contribution in [0.4, 0.5) is 0 Å². The molecule has 0 radical (unpaired) electrons. The van der Waals surface area contributed by atoms with E-state index in [1.54, 1.807) is 7.05 Å². The van der Waals surface area contributed by atoms with Gasteiger partial charge in [0.25, 0.3) is 5.91 Å². The van der Waals surface area contributed by atoms with E-state index in [1.807, 2.05) is 6.92 Å². The molecule has 8 heteroatoms. The molecule has 2 N–H and O–H groups in total. The van der Waals surface area contributed by atoms with E-state index in [1.165, 1.54) is 28.8 Å². The molecule has 2 rings (SSSR count). The van der Waals surface area contributed by atoms with Crippen LogP contribution in [0, 0.1) is 0 Å². The van der Waals surface area contributed by atoms with Crippen molar-refractivity contribution in [2.24, 2.45) is 7.05 Å². The minimum atomic E-state index is -3.57. The second kappa shape index (κ2) is 5.43. The molecular weight excluding hydrogens is 294 g/mol. The maximum atomic E-state index is 12.3. The van der Waals surface area contributed by atoms with Crippen LogP contribution in [-0.2, 0) is 17.1 Å². The van der Waals surface area contributed by atoms with Crippen LogP contribution in [0.1, 0.15) is 30.3 Å². The lowest BCUT2D eigenvalue weighted by Gasteiger charge is -2.46. The predicted molar refractivity (Wildman–Crippen MR) is 77.4 cm³/mol. The average Bonchev–Trinajstić information content (AvgIpc) is 2.78. The van der Waals surface area contributed by atoms with Gasteiger partial charge < -0.3 is 14.6 Å². The van der Waals surface area contributed by atoms with Crippen molar-refractivity contribution in [2.45, 2.75) is 30.3 Å². The molecule has 0 aromatic carbocycles. The van der Waals surface area contributed by atoms with Gasteiger partial charge in [0, 0.05) is 13.2 Å². The number of carbonyl (C=O) groups excluding carboxylic acids is 1. The second-order valence-corrected chi connectivity index (χ2v) is 7.40. The van der Waals surface area contributed by atoms with E-state index in [-0.39, 0.29) is 10.8 Å². The number of rotatable bonds is 5. The van der Waals surface area contributed by atoms with Gasteiger partial charge in [-0.1, -0.05) is 13.3 Å². The Bertz CT molecular complexity index is 644. The second-order valence-electron chi connectivity index (χ2n) is 5.52. The highest BCUT2D eigenvalue weighted by atomic mass is 32.2. The number of carbonyl (C=O) groups is 1. The Labute approximate surface area is 124 Å². The first-order chi connectivity index (χ1) is 9.72. The Morgan fingerprint density at radius 2 is 2.10 bits per heavy atom. The molecule has 0 aliphatic carbocycles. The molecule has 1 amide bonds. The van der Waals surface area contributed by atoms with Crippen molar-refractivity contribution >= 4 is 15.9 Å². The lowest BCUT2D eigenvalue weighted by Crippen LogP contribution is -2.63. The van der Waals surface area contributed by atoms with Crippen LogP contribution in [0.15, 0.2) is 17.2 Å². The Morgan fingerprint density at radius 1 is 1.48 bits per heavy atom. The Kier molecular flexibility index (Phi) is 4.14. The predicted octanol–water partition coefficient (Wildman–Crippen LogP) is -0.0798. The van der Waals surface area contributed by atoms with Gasteiger partial charge in [-0.05, 0) is 19.5 Å². The monoisotopic (exact) mass is 315 g/mol. The van der Waals surface area contributed by atoms with Gasteiger partial charge in [0.15, 0.2) is 0 Å². The molecular formula is C13H21N3O4S. The Hall–Kier alpha value is -1.38. The summed E-state index contributed by atoms with van der Waals surface area (Å²) in [5, 5.41) is 10.1. The highest BCUT2D eigenvalue weighted by Crippen LogP contribution is 2.27. The SMILES string of the molecule is CCCC1(O)CN(C(=O)c2cc(S(=O)(=O)NC)cn2C)C1. The molecule has 0 bridgehead atoms. The standard InChI is InChI=1S/C13H21N3O4S/c1-4-5-13(18)8-16(9-13)12(17)11-6-10(7-15(11)3)21(19,20)14-2/h6-7,14,18H,4-5,8-9H2,1-3H3. The lowest BCUT2D eigenvalue weighted by atomic mass is 9.89. The molecule has 0 saturated carbocycles. The van der Waals surface area contributed by atoms with Gasteiger partial charge in [-0.3, -0.25) is 4.79 Å². The van der Waals surface area contributed by atoms with Gasteiger partial charge in [-0.25, -0.2) is 13.1 Å². The van der Waals surface area contributed by atoms with Crippen molar-refractivity contribution in [1.82, 2.24) is 14.2 Å². The van der Waals surface area contributed by atoms with Crippen LogP contribution < -0.4 is 4.72 Å². The van der Waals surface area contributed by atoms with E-state index in [4.69, 9.17) is 0 Å². The number of amides is 1. The molecule has 1 aliphatic rings. The van der Waals surface area contributed by atoms with Crippen molar-refractivity contribution in [3.8, 4) is 0 Å². The lowest BCUT2D eigenvalue weighted by molar-refractivity contribution is -0.0862. The van der Waals surface area contributed by atoms with Crippen molar-refractivity contribution in [3.63, 3.8) is 0 Å². The summed E-state index contributed by atoms with van der Waals surface area (Å²) in [4.78, 5) is 13.9. The van der Waals surface area contributed by atoms with E-state index in [2.05, 4.69) is 4.72 Å². The van der Waals surface area contributed by atoms with Gasteiger partial charge in [0.05, 0.1) is 18.7 Å². The van der Waals surface area contributed by atoms with Crippen molar-refractivity contribution in [2.75, 3.05) is 20.1 Å². The maximum Gasteiger partial charge on any atom is 0.270 e. The molecule has 21 heavy (non-hydrogen) atoms. The molecule has 1 aromatic heterocycles. The summed E-state index contributed by atoms with van der Waals surface area (Å²) >= 11 is 0. The zero-order valence-corrected chi connectivity index (χ0v) is 13.3. The molecule has 1 aliphatic heterocycles. The number of nitrogens with one attached hydrogen (secondary N) is 1. The molecule has 0 unspecified atom stereocenters. The molecule has 1 aromatic rings. The third kappa shape index (κ3) is 2.97. The van der Waals surface area contributed by atoms with Crippen molar-refractivity contribution < 1.29 is 18.3 Å². The number of aliphatic hydroxyl groups is 1. The van der Waals surface area contributed by atoms with Crippen LogP contribution in [0.25, 0.3) is 0 Å². The maximum absolute atomic E-state index is 12.3. The normalized spacial score (nSPS) is 17.6. The summed E-state index contributed by atoms with van der Waals surface area (Å²) in [6, 6.07) is 1.35. The molecule has 1 fully saturated rings. The van der Waals surface area contributed by atoms with Crippen LogP contribution in [0.2, 0.25) is 0 Å². The first-order valence-electron chi connectivity index (χ1n) is 6.84. The van der Waals surface area contributed by atoms with Crippen LogP contribution in [0.5, 0.6) is 0 Å². The van der Waals surface area contributed by atoms with E-state index < -0.39 is 15.6 Å². The number of β-amino-alcohol motifs (C(OH)–C–C–N with tert-alkyl or cyclic N) is 1. The number of likely N-dealkylation sites (tertiary alicyclic amines) is 1. The zero-order valence-electron chi connectivity index (χ0n) is 12.5. The Morgan fingerprint density at radius 3 is 2.62 bits per heavy atom. The summed E-state index contributed by atoms with van der Waals surface area (Å²) < 4.78 is 27.2. The average molecular weight is 315 g/mol. The minimum absolute atomic E-state index is 0.0557. The quantitative estimate of drug-likeness (QED) is 0.795. The van der Waals surface area contributed by atoms with Gasteiger partial charge in [-0.15, -0.1) is 0 Å². The van der Waals surface area contributed by atoms with Gasteiger partial charge >= 0.3 is 0 Å². The number of aromatic nitrogens is 1. The molecule has 7 nitrogen and oxygen atoms in total. The zero-order chi connectivity index (χ0) is 15.8. The van der Waals surface area contributed by atoms with E-state index >= 15 is 0 Å². The number of hydrogen-bond acceptors (Lipinski definition) is 4. The number of nitrogens with zero attached hydrogens (tertiary/aromatic N) is 2. The highest BCUT2D eigenvalue weighted by molar-refractivity contribution is 7.89. The van der Waals surface area contributed by atoms with Gasteiger partial charge in [-0.2, -0.15) is 0 Å². The molecule has 118 valence electrons. The van der Waals surface area contributed by atoms with Crippen LogP contribution in [0.3, 0.4) is 0 Å². The summed E-state index contributed by atoms with van der Waals surface area (Å²) in [7, 11) is -0.622. The molecule has 0 atom stereocenters. The van der Waals surface area contributed by atoms with Crippen molar-refractivity contribution in [3.05, 3.63) is 18.0 Å². The van der Waals surface area contributed by atoms with E-state index in [0.717, 1.165) is 6.42 Å². The summed E-state index contributed by atoms with van der Waals surface area (Å²) in [5.41, 5.74) is -0.502. The first-order valence-corrected chi connectivity index (χ1v) is 8.32. The number of hydrogen-bond donors (Lipinski definition) is 2. The van der Waals surface area contributed by atoms with Crippen LogP contribution >= 0.6 is 0 Å². The van der Waals surface area contributed by atoms with Gasteiger partial charge in [0.2, 0.25) is 10.0 Å². The topological polar surface area (TPSA) is 91.6 Å². The minimum Gasteiger partial charge on any atom is -0.386 e. The van der Waals surface area contributed by atoms with Crippen LogP contribution in [-0.4, -0.2) is 54.6 Å². The fourth-order valence-corrected chi connectivity index (χ4v) is 3.40. The van der Waals surface area contributed by atoms with Crippen molar-refractivity contribution in [1.29, 1.82) is 0 Å². The third-order valence-electron chi connectivity index (χ3n) is 3.75. The molecule has 2 heterocycles. The fourth-order valence-electron chi connectivity index (χ4n) is 2.60. The highest BCUT2D eigenvalue weighted by Gasteiger charge is 2.43. The fraction of sp³-hybridized carbons (Fsp3) is 0.615. The largest absolute Gasteiger partial charge is 0.386 e. The first kappa shape index (κ1) is 16.0. The smallest absolute Gasteiger partial charge is 0.270 e. The van der Waals surface area contributed by atoms with E-state index in [0.29, 0.717) is 25.2 Å². The summed E-state index contributed by atoms with van der Waals surface area (Å²) in [6.07, 6.45) is 2.91. The summed E-state index contributed by atoms with van der Waals surface area (Å²) in [5.74, 6) is -0.268. The Balaban J connectivity index is 2.15. The number of aryl methyl sites for hydroxylation is 1. The molecule has 1 saturated heterocycles. The van der Waals surface area contributed by atoms with E-state index in [9.17, 15) is 18.3 Å². The number of sulfonamides is 1. The molecule has 0 spiro atoms. The summed E-state index contributed by atoms with van der Waals surface area (Å²) in [6.45, 7) is 2.56. The third-order valence-corrected chi connectivity index (χ3v) is 5.13. The van der Waals surface area contributed by atoms with Gasteiger partial charge in [0.1, 0.15) is 10.6 Å².